The summed E-state index contributed by atoms with van der Waals surface area (Å²) in [6, 6.07) is 7.41. The maximum Gasteiger partial charge on any atom is 0.170 e. The van der Waals surface area contributed by atoms with Gasteiger partial charge in [-0.2, -0.15) is 10.3 Å². The third kappa shape index (κ3) is 2.24. The predicted octanol–water partition coefficient (Wildman–Crippen LogP) is 3.51. The SMILES string of the molecule is CC1=CC2=NC(N)=C(C#N)[C@@H](c3c(Br)cccc3Br)N2O1. The largest absolute Gasteiger partial charge is 0.383 e. The van der Waals surface area contributed by atoms with E-state index in [0.717, 1.165) is 14.5 Å². The summed E-state index contributed by atoms with van der Waals surface area (Å²) in [5.74, 6) is 1.51. The molecule has 1 aromatic carbocycles. The van der Waals surface area contributed by atoms with Crippen LogP contribution in [0.5, 0.6) is 0 Å². The average Bonchev–Trinajstić information content (AvgIpc) is 2.78. The van der Waals surface area contributed by atoms with Gasteiger partial charge in [0, 0.05) is 20.6 Å². The number of hydrogen-bond donors (Lipinski definition) is 1. The minimum absolute atomic E-state index is 0.214. The van der Waals surface area contributed by atoms with E-state index in [-0.39, 0.29) is 5.82 Å². The van der Waals surface area contributed by atoms with E-state index in [2.05, 4.69) is 42.9 Å². The molecule has 0 spiro atoms. The Bertz CT molecular complexity index is 740. The molecular weight excluding hydrogens is 400 g/mol. The van der Waals surface area contributed by atoms with Gasteiger partial charge in [-0.05, 0) is 19.1 Å². The van der Waals surface area contributed by atoms with Gasteiger partial charge < -0.3 is 10.6 Å². The van der Waals surface area contributed by atoms with E-state index in [1.807, 2.05) is 25.1 Å². The van der Waals surface area contributed by atoms with Crippen LogP contribution in [0.4, 0.5) is 0 Å². The van der Waals surface area contributed by atoms with E-state index >= 15 is 0 Å². The second-order valence-corrected chi connectivity index (χ2v) is 6.30. The predicted molar refractivity (Wildman–Crippen MR) is 85.5 cm³/mol. The quantitative estimate of drug-likeness (QED) is 0.769. The Morgan fingerprint density at radius 2 is 2.05 bits per heavy atom. The average molecular weight is 410 g/mol. The van der Waals surface area contributed by atoms with E-state index < -0.39 is 6.04 Å². The molecule has 0 aromatic heterocycles. The first-order valence-electron chi connectivity index (χ1n) is 6.10. The summed E-state index contributed by atoms with van der Waals surface area (Å²) in [5.41, 5.74) is 7.17. The summed E-state index contributed by atoms with van der Waals surface area (Å²) in [5, 5.41) is 11.1. The minimum atomic E-state index is -0.457. The lowest BCUT2D eigenvalue weighted by Gasteiger charge is -2.32. The van der Waals surface area contributed by atoms with E-state index in [4.69, 9.17) is 10.6 Å². The second-order valence-electron chi connectivity index (χ2n) is 4.59. The summed E-state index contributed by atoms with van der Waals surface area (Å²) in [7, 11) is 0. The molecule has 0 unspecified atom stereocenters. The summed E-state index contributed by atoms with van der Waals surface area (Å²) in [6.45, 7) is 1.83. The summed E-state index contributed by atoms with van der Waals surface area (Å²) in [6.07, 6.45) is 1.79. The molecule has 0 radical (unpaired) electrons. The number of aliphatic imine (C=N–C) groups is 1. The molecule has 2 heterocycles. The number of allylic oxidation sites excluding steroid dienone is 1. The molecule has 7 heteroatoms. The number of nitrogens with two attached hydrogens (primary N) is 1. The van der Waals surface area contributed by atoms with Crippen LogP contribution in [0.15, 0.2) is 55.4 Å². The first kappa shape index (κ1) is 14.2. The number of amidine groups is 1. The summed E-state index contributed by atoms with van der Waals surface area (Å²) in [4.78, 5) is 9.93. The van der Waals surface area contributed by atoms with Crippen molar-refractivity contribution < 1.29 is 4.84 Å². The normalized spacial score (nSPS) is 20.5. The molecule has 0 saturated heterocycles. The van der Waals surface area contributed by atoms with E-state index in [9.17, 15) is 5.26 Å². The Morgan fingerprint density at radius 1 is 1.38 bits per heavy atom. The van der Waals surface area contributed by atoms with Gasteiger partial charge in [-0.25, -0.2) is 4.99 Å². The highest BCUT2D eigenvalue weighted by atomic mass is 79.9. The molecule has 0 amide bonds. The number of hydrogen-bond acceptors (Lipinski definition) is 5. The van der Waals surface area contributed by atoms with Crippen molar-refractivity contribution in [2.75, 3.05) is 0 Å². The zero-order chi connectivity index (χ0) is 15.1. The fourth-order valence-corrected chi connectivity index (χ4v) is 3.77. The topological polar surface area (TPSA) is 74.6 Å². The van der Waals surface area contributed by atoms with Gasteiger partial charge in [-0.3, -0.25) is 0 Å². The van der Waals surface area contributed by atoms with Gasteiger partial charge in [-0.15, -0.1) is 0 Å². The Kier molecular flexibility index (Phi) is 3.51. The number of hydroxylamine groups is 2. The molecular formula is C14H10Br2N4O. The molecule has 2 N–H and O–H groups in total. The smallest absolute Gasteiger partial charge is 0.170 e. The number of benzene rings is 1. The van der Waals surface area contributed by atoms with Crippen molar-refractivity contribution in [3.05, 3.63) is 55.9 Å². The van der Waals surface area contributed by atoms with Gasteiger partial charge in [0.25, 0.3) is 0 Å². The number of rotatable bonds is 1. The molecule has 1 aromatic rings. The van der Waals surface area contributed by atoms with Crippen LogP contribution in [0.1, 0.15) is 18.5 Å². The van der Waals surface area contributed by atoms with Gasteiger partial charge in [0.15, 0.2) is 5.84 Å². The first-order valence-corrected chi connectivity index (χ1v) is 7.69. The van der Waals surface area contributed by atoms with Crippen LogP contribution < -0.4 is 5.73 Å². The zero-order valence-corrected chi connectivity index (χ0v) is 14.1. The van der Waals surface area contributed by atoms with Crippen LogP contribution in [-0.2, 0) is 4.84 Å². The van der Waals surface area contributed by atoms with Gasteiger partial charge in [0.1, 0.15) is 29.3 Å². The fraction of sp³-hybridized carbons (Fsp3) is 0.143. The molecule has 2 aliphatic heterocycles. The van der Waals surface area contributed by atoms with Crippen molar-refractivity contribution in [2.24, 2.45) is 10.7 Å². The lowest BCUT2D eigenvalue weighted by molar-refractivity contribution is -0.0650. The van der Waals surface area contributed by atoms with Crippen LogP contribution in [0.3, 0.4) is 0 Å². The molecule has 5 nitrogen and oxygen atoms in total. The van der Waals surface area contributed by atoms with E-state index in [0.29, 0.717) is 17.2 Å². The minimum Gasteiger partial charge on any atom is -0.383 e. The number of nitriles is 1. The van der Waals surface area contributed by atoms with Crippen LogP contribution in [0, 0.1) is 11.3 Å². The van der Waals surface area contributed by atoms with Crippen molar-refractivity contribution in [3.8, 4) is 6.07 Å². The van der Waals surface area contributed by atoms with Gasteiger partial charge in [0.05, 0.1) is 0 Å². The Morgan fingerprint density at radius 3 is 2.67 bits per heavy atom. The maximum atomic E-state index is 9.47. The monoisotopic (exact) mass is 408 g/mol. The zero-order valence-electron chi connectivity index (χ0n) is 11.0. The molecule has 21 heavy (non-hydrogen) atoms. The number of halogens is 2. The molecule has 0 saturated carbocycles. The van der Waals surface area contributed by atoms with Crippen molar-refractivity contribution in [1.29, 1.82) is 5.26 Å². The Hall–Kier alpha value is -1.78. The molecule has 1 atom stereocenters. The number of nitrogens with zero attached hydrogens (tertiary/aromatic N) is 3. The highest BCUT2D eigenvalue weighted by Crippen LogP contribution is 2.42. The van der Waals surface area contributed by atoms with Gasteiger partial charge in [-0.1, -0.05) is 37.9 Å². The Labute approximate surface area is 138 Å². The number of fused-ring (bicyclic) bond motifs is 1. The van der Waals surface area contributed by atoms with Gasteiger partial charge in [0.2, 0.25) is 0 Å². The highest BCUT2D eigenvalue weighted by molar-refractivity contribution is 9.11. The standard InChI is InChI=1S/C14H10Br2N4O/c1-7-5-11-19-14(18)8(6-17)13(20(11)21-7)12-9(15)3-2-4-10(12)16/h2-5,13H,18H2,1H3/t13-/m0/s1. The van der Waals surface area contributed by atoms with Crippen molar-refractivity contribution >= 4 is 37.7 Å². The highest BCUT2D eigenvalue weighted by Gasteiger charge is 2.39. The lowest BCUT2D eigenvalue weighted by atomic mass is 9.97. The van der Waals surface area contributed by atoms with Gasteiger partial charge >= 0.3 is 0 Å². The molecule has 106 valence electrons. The molecule has 0 fully saturated rings. The third-order valence-corrected chi connectivity index (χ3v) is 4.60. The second kappa shape index (κ2) is 5.20. The molecule has 0 aliphatic carbocycles. The maximum absolute atomic E-state index is 9.47. The Balaban J connectivity index is 2.22. The van der Waals surface area contributed by atoms with Crippen molar-refractivity contribution in [1.82, 2.24) is 5.06 Å². The fourth-order valence-electron chi connectivity index (χ4n) is 2.33. The molecule has 2 aliphatic rings. The van der Waals surface area contributed by atoms with Crippen LogP contribution in [-0.4, -0.2) is 10.9 Å². The molecule has 3 rings (SSSR count). The van der Waals surface area contributed by atoms with Crippen LogP contribution >= 0.6 is 31.9 Å². The summed E-state index contributed by atoms with van der Waals surface area (Å²) < 4.78 is 1.72. The third-order valence-electron chi connectivity index (χ3n) is 3.21. The lowest BCUT2D eigenvalue weighted by Crippen LogP contribution is -2.35. The van der Waals surface area contributed by atoms with Crippen molar-refractivity contribution in [3.63, 3.8) is 0 Å². The van der Waals surface area contributed by atoms with Crippen LogP contribution in [0.25, 0.3) is 0 Å². The van der Waals surface area contributed by atoms with E-state index in [1.165, 1.54) is 0 Å². The van der Waals surface area contributed by atoms with Crippen molar-refractivity contribution in [2.45, 2.75) is 13.0 Å². The van der Waals surface area contributed by atoms with E-state index in [1.54, 1.807) is 11.1 Å². The summed E-state index contributed by atoms with van der Waals surface area (Å²) >= 11 is 7.06. The van der Waals surface area contributed by atoms with Crippen LogP contribution in [0.2, 0.25) is 0 Å². The first-order chi connectivity index (χ1) is 10.0. The molecule has 0 bridgehead atoms.